The third-order valence-corrected chi connectivity index (χ3v) is 2.71. The summed E-state index contributed by atoms with van der Waals surface area (Å²) in [6.07, 6.45) is 4.29. The van der Waals surface area contributed by atoms with Crippen LogP contribution in [0.5, 0.6) is 0 Å². The zero-order chi connectivity index (χ0) is 9.07. The van der Waals surface area contributed by atoms with E-state index >= 15 is 0 Å². The molecule has 0 aromatic carbocycles. The molecule has 0 saturated carbocycles. The van der Waals surface area contributed by atoms with Crippen molar-refractivity contribution in [1.82, 2.24) is 0 Å². The van der Waals surface area contributed by atoms with Gasteiger partial charge in [-0.15, -0.1) is 11.6 Å². The minimum atomic E-state index is -0.0983. The summed E-state index contributed by atoms with van der Waals surface area (Å²) in [6, 6.07) is 0. The summed E-state index contributed by atoms with van der Waals surface area (Å²) < 4.78 is 0. The predicted molar refractivity (Wildman–Crippen MR) is 53.1 cm³/mol. The van der Waals surface area contributed by atoms with Crippen LogP contribution in [-0.2, 0) is 0 Å². The van der Waals surface area contributed by atoms with E-state index in [1.807, 2.05) is 6.92 Å². The standard InChI is InChI=1S/C10H19Cl/c1-6-7-8(2)9(3)10(4,5)11/h6-9H,1-5H3/b7-6+/t8-,9+/m1/s1. The molecular formula is C10H19Cl. The number of alkyl halides is 1. The van der Waals surface area contributed by atoms with Crippen LogP contribution in [0, 0.1) is 11.8 Å². The first-order valence-corrected chi connectivity index (χ1v) is 4.59. The van der Waals surface area contributed by atoms with Crippen molar-refractivity contribution in [3.63, 3.8) is 0 Å². The summed E-state index contributed by atoms with van der Waals surface area (Å²) in [5.41, 5.74) is 0. The third-order valence-electron chi connectivity index (χ3n) is 2.37. The molecule has 0 amide bonds. The van der Waals surface area contributed by atoms with Crippen LogP contribution in [0.4, 0.5) is 0 Å². The van der Waals surface area contributed by atoms with Gasteiger partial charge in [0.1, 0.15) is 0 Å². The Balaban J connectivity index is 4.13. The fourth-order valence-electron chi connectivity index (χ4n) is 1.10. The molecule has 66 valence electrons. The quantitative estimate of drug-likeness (QED) is 0.451. The second kappa shape index (κ2) is 4.15. The lowest BCUT2D eigenvalue weighted by atomic mass is 9.85. The van der Waals surface area contributed by atoms with Crippen molar-refractivity contribution < 1.29 is 0 Å². The molecule has 0 spiro atoms. The van der Waals surface area contributed by atoms with Gasteiger partial charge in [0.15, 0.2) is 0 Å². The Kier molecular flexibility index (Phi) is 4.17. The minimum Gasteiger partial charge on any atom is -0.120 e. The highest BCUT2D eigenvalue weighted by Gasteiger charge is 2.25. The third kappa shape index (κ3) is 3.81. The maximum absolute atomic E-state index is 6.18. The average molecular weight is 175 g/mol. The van der Waals surface area contributed by atoms with E-state index in [0.29, 0.717) is 11.8 Å². The highest BCUT2D eigenvalue weighted by atomic mass is 35.5. The predicted octanol–water partition coefficient (Wildman–Crippen LogP) is 3.85. The molecule has 0 N–H and O–H groups in total. The average Bonchev–Trinajstić information content (AvgIpc) is 1.85. The molecule has 0 unspecified atom stereocenters. The van der Waals surface area contributed by atoms with Gasteiger partial charge in [-0.3, -0.25) is 0 Å². The Hall–Kier alpha value is 0.0300. The molecule has 0 fully saturated rings. The highest BCUT2D eigenvalue weighted by Crippen LogP contribution is 2.30. The van der Waals surface area contributed by atoms with Crippen LogP contribution < -0.4 is 0 Å². The van der Waals surface area contributed by atoms with Gasteiger partial charge in [0.25, 0.3) is 0 Å². The molecule has 11 heavy (non-hydrogen) atoms. The molecule has 0 aliphatic heterocycles. The van der Waals surface area contributed by atoms with Crippen LogP contribution in [-0.4, -0.2) is 4.87 Å². The summed E-state index contributed by atoms with van der Waals surface area (Å²) in [6.45, 7) is 10.6. The van der Waals surface area contributed by atoms with Gasteiger partial charge in [-0.2, -0.15) is 0 Å². The maximum atomic E-state index is 6.18. The van der Waals surface area contributed by atoms with Gasteiger partial charge in [-0.1, -0.05) is 26.0 Å². The maximum Gasteiger partial charge on any atom is 0.0421 e. The fourth-order valence-corrected chi connectivity index (χ4v) is 1.29. The minimum absolute atomic E-state index is 0.0983. The van der Waals surface area contributed by atoms with Crippen LogP contribution in [0.15, 0.2) is 12.2 Å². The van der Waals surface area contributed by atoms with E-state index in [9.17, 15) is 0 Å². The van der Waals surface area contributed by atoms with E-state index in [1.54, 1.807) is 0 Å². The topological polar surface area (TPSA) is 0 Å². The monoisotopic (exact) mass is 174 g/mol. The molecule has 1 heteroatoms. The lowest BCUT2D eigenvalue weighted by Gasteiger charge is -2.28. The van der Waals surface area contributed by atoms with E-state index < -0.39 is 0 Å². The number of halogens is 1. The van der Waals surface area contributed by atoms with Gasteiger partial charge in [0.2, 0.25) is 0 Å². The SMILES string of the molecule is C/C=C/[C@@H](C)[C@H](C)C(C)(C)Cl. The summed E-state index contributed by atoms with van der Waals surface area (Å²) in [4.78, 5) is -0.0983. The molecule has 2 atom stereocenters. The Bertz CT molecular complexity index is 130. The van der Waals surface area contributed by atoms with Gasteiger partial charge in [0, 0.05) is 4.87 Å². The molecule has 0 heterocycles. The van der Waals surface area contributed by atoms with Gasteiger partial charge in [-0.05, 0) is 32.6 Å². The summed E-state index contributed by atoms with van der Waals surface area (Å²) in [5, 5.41) is 0. The van der Waals surface area contributed by atoms with Crippen LogP contribution in [0.3, 0.4) is 0 Å². The first-order valence-electron chi connectivity index (χ1n) is 4.21. The molecule has 0 rings (SSSR count). The Morgan fingerprint density at radius 1 is 1.27 bits per heavy atom. The lowest BCUT2D eigenvalue weighted by Crippen LogP contribution is -2.26. The van der Waals surface area contributed by atoms with Gasteiger partial charge in [0.05, 0.1) is 0 Å². The first kappa shape index (κ1) is 11.0. The number of hydrogen-bond donors (Lipinski definition) is 0. The molecule has 0 aromatic heterocycles. The van der Waals surface area contributed by atoms with E-state index in [0.717, 1.165) is 0 Å². The Morgan fingerprint density at radius 3 is 2.00 bits per heavy atom. The van der Waals surface area contributed by atoms with Crippen molar-refractivity contribution in [3.8, 4) is 0 Å². The molecule has 0 aromatic rings. The van der Waals surface area contributed by atoms with Crippen molar-refractivity contribution in [2.75, 3.05) is 0 Å². The summed E-state index contributed by atoms with van der Waals surface area (Å²) in [7, 11) is 0. The second-order valence-corrected chi connectivity index (χ2v) is 4.71. The van der Waals surface area contributed by atoms with Crippen LogP contribution in [0.2, 0.25) is 0 Å². The highest BCUT2D eigenvalue weighted by molar-refractivity contribution is 6.23. The van der Waals surface area contributed by atoms with Crippen LogP contribution in [0.1, 0.15) is 34.6 Å². The normalized spacial score (nSPS) is 18.7. The lowest BCUT2D eigenvalue weighted by molar-refractivity contribution is 0.369. The van der Waals surface area contributed by atoms with Gasteiger partial charge in [-0.25, -0.2) is 0 Å². The zero-order valence-electron chi connectivity index (χ0n) is 8.19. The first-order chi connectivity index (χ1) is 4.89. The molecular weight excluding hydrogens is 156 g/mol. The van der Waals surface area contributed by atoms with Crippen molar-refractivity contribution in [1.29, 1.82) is 0 Å². The summed E-state index contributed by atoms with van der Waals surface area (Å²) in [5.74, 6) is 1.08. The Morgan fingerprint density at radius 2 is 1.73 bits per heavy atom. The van der Waals surface area contributed by atoms with Crippen molar-refractivity contribution >= 4 is 11.6 Å². The number of rotatable bonds is 3. The van der Waals surface area contributed by atoms with Crippen LogP contribution >= 0.6 is 11.6 Å². The van der Waals surface area contributed by atoms with Crippen molar-refractivity contribution in [2.24, 2.45) is 11.8 Å². The fraction of sp³-hybridized carbons (Fsp3) is 0.800. The van der Waals surface area contributed by atoms with E-state index in [4.69, 9.17) is 11.6 Å². The van der Waals surface area contributed by atoms with E-state index in [1.165, 1.54) is 0 Å². The Labute approximate surface area is 75.6 Å². The molecule has 0 radical (unpaired) electrons. The number of hydrogen-bond acceptors (Lipinski definition) is 0. The van der Waals surface area contributed by atoms with Gasteiger partial charge >= 0.3 is 0 Å². The van der Waals surface area contributed by atoms with Crippen molar-refractivity contribution in [3.05, 3.63) is 12.2 Å². The smallest absolute Gasteiger partial charge is 0.0421 e. The van der Waals surface area contributed by atoms with E-state index in [2.05, 4.69) is 39.8 Å². The molecule has 0 aliphatic rings. The molecule has 0 aliphatic carbocycles. The summed E-state index contributed by atoms with van der Waals surface area (Å²) >= 11 is 6.18. The van der Waals surface area contributed by atoms with Crippen molar-refractivity contribution in [2.45, 2.75) is 39.5 Å². The molecule has 0 saturated heterocycles. The van der Waals surface area contributed by atoms with E-state index in [-0.39, 0.29) is 4.87 Å². The van der Waals surface area contributed by atoms with Gasteiger partial charge < -0.3 is 0 Å². The molecule has 0 bridgehead atoms. The second-order valence-electron chi connectivity index (χ2n) is 3.74. The molecule has 0 nitrogen and oxygen atoms in total. The number of allylic oxidation sites excluding steroid dienone is 2. The van der Waals surface area contributed by atoms with Crippen LogP contribution in [0.25, 0.3) is 0 Å². The largest absolute Gasteiger partial charge is 0.120 e. The zero-order valence-corrected chi connectivity index (χ0v) is 8.94.